The van der Waals surface area contributed by atoms with Crippen molar-refractivity contribution in [3.8, 4) is 0 Å². The number of esters is 1. The van der Waals surface area contributed by atoms with Gasteiger partial charge in [-0.3, -0.25) is 9.59 Å². The Kier molecular flexibility index (Phi) is 12.6. The van der Waals surface area contributed by atoms with Gasteiger partial charge in [0.2, 0.25) is 0 Å². The number of aliphatic carboxylic acids is 1. The number of alkyl halides is 2. The van der Waals surface area contributed by atoms with Gasteiger partial charge in [-0.2, -0.15) is 0 Å². The molecule has 0 aromatic heterocycles. The number of hydrogen-bond acceptors (Lipinski definition) is 3. The van der Waals surface area contributed by atoms with Gasteiger partial charge in [0.1, 0.15) is 0 Å². The topological polar surface area (TPSA) is 63.6 Å². The van der Waals surface area contributed by atoms with E-state index >= 15 is 0 Å². The van der Waals surface area contributed by atoms with Gasteiger partial charge in [0, 0.05) is 0 Å². The fourth-order valence-corrected chi connectivity index (χ4v) is 11.9. The Morgan fingerprint density at radius 2 is 1.10 bits per heavy atom. The van der Waals surface area contributed by atoms with Gasteiger partial charge in [-0.25, -0.2) is 0 Å². The Hall–Kier alpha value is -0.535. The molecule has 0 heterocycles. The molecule has 8 bridgehead atoms. The van der Waals surface area contributed by atoms with Gasteiger partial charge in [0.25, 0.3) is 0 Å². The Morgan fingerprint density at radius 3 is 1.44 bits per heavy atom. The molecule has 2 aromatic rings. The Labute approximate surface area is 322 Å². The van der Waals surface area contributed by atoms with E-state index < -0.39 is 11.4 Å². The molecular formula is C38H48BBr3Cl2O4. The van der Waals surface area contributed by atoms with E-state index in [1.54, 1.807) is 7.11 Å². The molecule has 10 rings (SSSR count). The second-order valence-electron chi connectivity index (χ2n) is 15.9. The summed E-state index contributed by atoms with van der Waals surface area (Å²) in [4.78, 5) is 24.4. The summed E-state index contributed by atoms with van der Waals surface area (Å²) in [5.41, 5.74) is 5.25. The first kappa shape index (κ1) is 38.7. The zero-order chi connectivity index (χ0) is 34.9. The van der Waals surface area contributed by atoms with Crippen LogP contribution in [0.25, 0.3) is 0 Å². The van der Waals surface area contributed by atoms with Crippen molar-refractivity contribution in [2.75, 3.05) is 12.4 Å². The predicted molar refractivity (Wildman–Crippen MR) is 209 cm³/mol. The van der Waals surface area contributed by atoms with Crippen molar-refractivity contribution in [2.45, 2.75) is 102 Å². The van der Waals surface area contributed by atoms with E-state index in [1.165, 1.54) is 60.8 Å². The maximum Gasteiger partial charge on any atom is 0.369 e. The van der Waals surface area contributed by atoms with Crippen LogP contribution in [0.4, 0.5) is 0 Å². The fourth-order valence-electron chi connectivity index (χ4n) is 11.9. The molecule has 48 heavy (non-hydrogen) atoms. The third-order valence-electron chi connectivity index (χ3n) is 12.5. The van der Waals surface area contributed by atoms with Crippen LogP contribution in [-0.4, -0.2) is 32.7 Å². The minimum Gasteiger partial charge on any atom is -0.481 e. The zero-order valence-corrected chi connectivity index (χ0v) is 34.5. The third-order valence-corrected chi connectivity index (χ3v) is 12.5. The molecule has 8 fully saturated rings. The van der Waals surface area contributed by atoms with Crippen LogP contribution in [0.3, 0.4) is 0 Å². The van der Waals surface area contributed by atoms with Crippen molar-refractivity contribution < 1.29 is 19.4 Å². The quantitative estimate of drug-likeness (QED) is 0.189. The van der Waals surface area contributed by atoms with Crippen LogP contribution >= 0.6 is 70.5 Å². The second-order valence-corrected chi connectivity index (χ2v) is 23.2. The highest BCUT2D eigenvalue weighted by Gasteiger charge is 2.62. The second kappa shape index (κ2) is 15.6. The van der Waals surface area contributed by atoms with Crippen LogP contribution in [0.2, 0.25) is 0 Å². The standard InChI is InChI=1S/C19H24O2.C18H22O2.CH2Cl2.BBr3/c1-13-4-3-5-16(6-13)18-8-14-7-15(9-18)11-19(10-14,12-18)17(20)21-2;1-12-3-2-4-15(5-12)17-7-13-6-14(8-17)10-18(9-13,11-17)16(19)20;2-1-3;2-1(3)4/h3-6,14-15H,7-12H2,1-2H3;2-5,13-14H,6-11H2,1H3,(H,19,20);1H2;. The van der Waals surface area contributed by atoms with E-state index in [1.807, 2.05) is 0 Å². The van der Waals surface area contributed by atoms with Crippen molar-refractivity contribution in [1.82, 2.24) is 0 Å². The minimum atomic E-state index is -0.538. The van der Waals surface area contributed by atoms with E-state index in [0.29, 0.717) is 23.7 Å². The summed E-state index contributed by atoms with van der Waals surface area (Å²) < 4.78 is 5.47. The number of ether oxygens (including phenoxy) is 1. The highest BCUT2D eigenvalue weighted by atomic mass is 79.9. The molecule has 2 aromatic carbocycles. The molecule has 0 saturated heterocycles. The summed E-state index contributed by atoms with van der Waals surface area (Å²) in [6, 6.07) is 17.8. The van der Waals surface area contributed by atoms with Gasteiger partial charge in [-0.15, -0.1) is 70.5 Å². The number of halogens is 5. The average Bonchev–Trinajstić information content (AvgIpc) is 3.00. The lowest BCUT2D eigenvalue weighted by Gasteiger charge is -2.61. The molecular weight excluding hydrogens is 842 g/mol. The van der Waals surface area contributed by atoms with Gasteiger partial charge in [0.05, 0.1) is 23.3 Å². The molecule has 4 nitrogen and oxygen atoms in total. The van der Waals surface area contributed by atoms with Crippen LogP contribution in [0.1, 0.15) is 99.3 Å². The third kappa shape index (κ3) is 8.08. The van der Waals surface area contributed by atoms with Gasteiger partial charge in [-0.05, 0) is 137 Å². The first-order valence-corrected chi connectivity index (χ1v) is 21.0. The Bertz CT molecular complexity index is 1440. The molecule has 8 aliphatic carbocycles. The number of aryl methyl sites for hydroxylation is 2. The maximum absolute atomic E-state index is 12.5. The highest BCUT2D eigenvalue weighted by molar-refractivity contribution is 9.69. The monoisotopic (exact) mass is 886 g/mol. The molecule has 8 saturated carbocycles. The van der Waals surface area contributed by atoms with Crippen molar-refractivity contribution in [3.63, 3.8) is 0 Å². The number of carboxylic acid groups (broad SMARTS) is 1. The predicted octanol–water partition coefficient (Wildman–Crippen LogP) is 11.5. The summed E-state index contributed by atoms with van der Waals surface area (Å²) in [7, 11) is 1.56. The molecule has 0 amide bonds. The normalized spacial score (nSPS) is 36.0. The number of hydrogen-bond donors (Lipinski definition) is 1. The number of carbonyl (C=O) groups excluding carboxylic acids is 1. The van der Waals surface area contributed by atoms with Crippen LogP contribution in [-0.2, 0) is 25.2 Å². The molecule has 4 unspecified atom stereocenters. The van der Waals surface area contributed by atoms with Crippen molar-refractivity contribution >= 4 is 85.6 Å². The molecule has 10 heteroatoms. The summed E-state index contributed by atoms with van der Waals surface area (Å²) in [6.45, 7) is 4.30. The first-order chi connectivity index (χ1) is 22.7. The summed E-state index contributed by atoms with van der Waals surface area (Å²) in [6.07, 6.45) is 13.4. The zero-order valence-electron chi connectivity index (χ0n) is 28.3. The number of benzene rings is 2. The smallest absolute Gasteiger partial charge is 0.369 e. The number of rotatable bonds is 4. The Morgan fingerprint density at radius 1 is 0.750 bits per heavy atom. The van der Waals surface area contributed by atoms with Gasteiger partial charge < -0.3 is 9.84 Å². The van der Waals surface area contributed by atoms with E-state index in [4.69, 9.17) is 27.9 Å². The molecule has 0 spiro atoms. The van der Waals surface area contributed by atoms with Crippen molar-refractivity contribution in [1.29, 1.82) is 0 Å². The summed E-state index contributed by atoms with van der Waals surface area (Å²) in [5, 5.41) is 9.99. The van der Waals surface area contributed by atoms with Crippen LogP contribution < -0.4 is 0 Å². The molecule has 4 atom stereocenters. The molecule has 262 valence electrons. The molecule has 8 aliphatic rings. The van der Waals surface area contributed by atoms with E-state index in [9.17, 15) is 14.7 Å². The van der Waals surface area contributed by atoms with E-state index in [0.717, 1.165) is 38.5 Å². The van der Waals surface area contributed by atoms with Crippen LogP contribution in [0.5, 0.6) is 0 Å². The minimum absolute atomic E-state index is 0.0497. The first-order valence-electron chi connectivity index (χ1n) is 17.2. The lowest BCUT2D eigenvalue weighted by molar-refractivity contribution is -0.171. The van der Waals surface area contributed by atoms with Crippen LogP contribution in [0, 0.1) is 48.3 Å². The van der Waals surface area contributed by atoms with Gasteiger partial charge >= 0.3 is 15.1 Å². The number of methoxy groups -OCH3 is 1. The maximum atomic E-state index is 12.5. The largest absolute Gasteiger partial charge is 0.481 e. The lowest BCUT2D eigenvalue weighted by atomic mass is 9.43. The van der Waals surface area contributed by atoms with Crippen molar-refractivity contribution in [2.24, 2.45) is 34.5 Å². The number of carbonyl (C=O) groups is 2. The van der Waals surface area contributed by atoms with E-state index in [2.05, 4.69) is 110 Å². The number of carboxylic acids is 1. The van der Waals surface area contributed by atoms with Crippen LogP contribution in [0.15, 0.2) is 48.5 Å². The van der Waals surface area contributed by atoms with E-state index in [-0.39, 0.29) is 30.7 Å². The lowest BCUT2D eigenvalue weighted by Crippen LogP contribution is -2.57. The average molecular weight is 890 g/mol. The van der Waals surface area contributed by atoms with Crippen molar-refractivity contribution in [3.05, 3.63) is 70.8 Å². The fraction of sp³-hybridized carbons (Fsp3) is 0.632. The molecule has 0 aliphatic heterocycles. The molecule has 1 N–H and O–H groups in total. The Balaban J connectivity index is 0.000000158. The summed E-state index contributed by atoms with van der Waals surface area (Å²) in [5.74, 6) is 2.20. The molecule has 0 radical (unpaired) electrons. The van der Waals surface area contributed by atoms with Gasteiger partial charge in [-0.1, -0.05) is 59.7 Å². The SMILES string of the molecule is BrB(Br)Br.COC(=O)C12CC3CC(C1)CC(c1cccc(C)c1)(C3)C2.Cc1cccc(C23CC4CC(CC(C(=O)O)(C4)C2)C3)c1.ClCCl. The highest BCUT2D eigenvalue weighted by Crippen LogP contribution is 2.67. The summed E-state index contributed by atoms with van der Waals surface area (Å²) >= 11 is 18.8. The van der Waals surface area contributed by atoms with Gasteiger partial charge in [0.15, 0.2) is 0 Å².